The molecule has 1 aromatic heterocycles. The summed E-state index contributed by atoms with van der Waals surface area (Å²) in [6, 6.07) is 11.1. The number of nitrogens with zero attached hydrogens (tertiary/aromatic N) is 1. The Kier molecular flexibility index (Phi) is 7.72. The van der Waals surface area contributed by atoms with Crippen LogP contribution in [0.15, 0.2) is 60.8 Å². The number of aromatic nitrogens is 1. The van der Waals surface area contributed by atoms with E-state index in [9.17, 15) is 14.7 Å². The molecule has 0 atom stereocenters. The van der Waals surface area contributed by atoms with E-state index in [-0.39, 0.29) is 11.5 Å². The zero-order valence-corrected chi connectivity index (χ0v) is 19.4. The molecule has 0 unspecified atom stereocenters. The molecular formula is C27H30N2O4. The molecule has 0 fully saturated rings. The fraction of sp³-hybridized carbons (Fsp3) is 0.259. The molecule has 1 amide bonds. The quantitative estimate of drug-likeness (QED) is 0.337. The van der Waals surface area contributed by atoms with Crippen LogP contribution >= 0.6 is 0 Å². The van der Waals surface area contributed by atoms with Gasteiger partial charge >= 0.3 is 5.97 Å². The van der Waals surface area contributed by atoms with Crippen LogP contribution in [0.1, 0.15) is 47.3 Å². The average molecular weight is 447 g/mol. The van der Waals surface area contributed by atoms with Gasteiger partial charge in [0.25, 0.3) is 0 Å². The molecule has 2 N–H and O–H groups in total. The van der Waals surface area contributed by atoms with Gasteiger partial charge in [-0.3, -0.25) is 4.79 Å². The maximum atomic E-state index is 12.3. The number of methoxy groups -OCH3 is 1. The fourth-order valence-electron chi connectivity index (χ4n) is 3.83. The van der Waals surface area contributed by atoms with Crippen molar-refractivity contribution in [3.8, 4) is 5.75 Å². The number of carboxylic acids is 1. The molecule has 0 saturated carbocycles. The van der Waals surface area contributed by atoms with Crippen LogP contribution in [0.25, 0.3) is 17.0 Å². The minimum Gasteiger partial charge on any atom is -0.496 e. The van der Waals surface area contributed by atoms with Crippen molar-refractivity contribution in [3.63, 3.8) is 0 Å². The molecule has 0 aliphatic heterocycles. The molecule has 172 valence electrons. The van der Waals surface area contributed by atoms with Gasteiger partial charge in [-0.25, -0.2) is 4.79 Å². The number of hydrogen-bond donors (Lipinski definition) is 2. The minimum atomic E-state index is -0.989. The van der Waals surface area contributed by atoms with Gasteiger partial charge in [-0.1, -0.05) is 25.1 Å². The summed E-state index contributed by atoms with van der Waals surface area (Å²) in [4.78, 5) is 23.6. The maximum Gasteiger partial charge on any atom is 0.335 e. The van der Waals surface area contributed by atoms with Gasteiger partial charge in [0.1, 0.15) is 5.75 Å². The molecule has 0 bridgehead atoms. The number of rotatable bonds is 10. The first-order valence-electron chi connectivity index (χ1n) is 11.0. The van der Waals surface area contributed by atoms with Crippen molar-refractivity contribution in [3.05, 3.63) is 83.1 Å². The van der Waals surface area contributed by atoms with Crippen LogP contribution in [0.4, 0.5) is 0 Å². The van der Waals surface area contributed by atoms with Crippen molar-refractivity contribution < 1.29 is 19.4 Å². The Balaban J connectivity index is 2.02. The fourth-order valence-corrected chi connectivity index (χ4v) is 3.83. The third-order valence-electron chi connectivity index (χ3n) is 5.51. The molecule has 0 saturated heterocycles. The first-order chi connectivity index (χ1) is 15.9. The SMILES string of the molecule is C=CCn1cc(Cc2ccc(C(=O)O)cc2OC)c2cc(/C=C(/C)C(=O)NCCC)ccc21. The van der Waals surface area contributed by atoms with Crippen molar-refractivity contribution in [2.24, 2.45) is 0 Å². The number of hydrogen-bond acceptors (Lipinski definition) is 3. The van der Waals surface area contributed by atoms with Crippen LogP contribution < -0.4 is 10.1 Å². The number of carbonyl (C=O) groups is 2. The Bertz CT molecular complexity index is 1220. The van der Waals surface area contributed by atoms with Gasteiger partial charge in [0, 0.05) is 42.2 Å². The molecule has 6 nitrogen and oxygen atoms in total. The number of benzene rings is 2. The van der Waals surface area contributed by atoms with Crippen LogP contribution in [0.3, 0.4) is 0 Å². The van der Waals surface area contributed by atoms with Crippen LogP contribution in [-0.4, -0.2) is 35.2 Å². The Morgan fingerprint density at radius 1 is 1.18 bits per heavy atom. The standard InChI is InChI=1S/C27H30N2O4/c1-5-11-28-26(30)18(3)13-19-7-10-24-23(14-19)22(17-29(24)12-6-2)15-20-8-9-21(27(31)32)16-25(20)33-4/h6-10,13-14,16-17H,2,5,11-12,15H2,1,3-4H3,(H,28,30)(H,31,32)/b18-13-. The average Bonchev–Trinajstić information content (AvgIpc) is 3.14. The highest BCUT2D eigenvalue weighted by Crippen LogP contribution is 2.29. The normalized spacial score (nSPS) is 11.4. The van der Waals surface area contributed by atoms with Crippen molar-refractivity contribution in [1.82, 2.24) is 9.88 Å². The number of amides is 1. The Hall–Kier alpha value is -3.80. The summed E-state index contributed by atoms with van der Waals surface area (Å²) in [5.74, 6) is -0.513. The second kappa shape index (κ2) is 10.7. The zero-order valence-electron chi connectivity index (χ0n) is 19.4. The topological polar surface area (TPSA) is 80.6 Å². The van der Waals surface area contributed by atoms with Gasteiger partial charge in [-0.2, -0.15) is 0 Å². The summed E-state index contributed by atoms with van der Waals surface area (Å²) in [5.41, 5.74) is 4.83. The second-order valence-electron chi connectivity index (χ2n) is 7.96. The Labute approximate surface area is 194 Å². The van der Waals surface area contributed by atoms with Gasteiger partial charge in [0.2, 0.25) is 5.91 Å². The minimum absolute atomic E-state index is 0.0651. The second-order valence-corrected chi connectivity index (χ2v) is 7.96. The number of carbonyl (C=O) groups excluding carboxylic acids is 1. The van der Waals surface area contributed by atoms with E-state index in [1.165, 1.54) is 0 Å². The van der Waals surface area contributed by atoms with E-state index >= 15 is 0 Å². The molecule has 3 aromatic rings. The maximum absolute atomic E-state index is 12.3. The number of allylic oxidation sites excluding steroid dienone is 1. The van der Waals surface area contributed by atoms with Gasteiger partial charge < -0.3 is 19.7 Å². The summed E-state index contributed by atoms with van der Waals surface area (Å²) in [5, 5.41) is 13.2. The third kappa shape index (κ3) is 5.52. The van der Waals surface area contributed by atoms with E-state index in [0.717, 1.165) is 34.0 Å². The Morgan fingerprint density at radius 3 is 2.64 bits per heavy atom. The number of fused-ring (bicyclic) bond motifs is 1. The van der Waals surface area contributed by atoms with Gasteiger partial charge in [-0.15, -0.1) is 6.58 Å². The monoisotopic (exact) mass is 446 g/mol. The summed E-state index contributed by atoms with van der Waals surface area (Å²) >= 11 is 0. The third-order valence-corrected chi connectivity index (χ3v) is 5.51. The van der Waals surface area contributed by atoms with E-state index in [1.807, 2.05) is 32.1 Å². The predicted molar refractivity (Wildman–Crippen MR) is 132 cm³/mol. The zero-order chi connectivity index (χ0) is 24.0. The van der Waals surface area contributed by atoms with Crippen molar-refractivity contribution in [2.75, 3.05) is 13.7 Å². The molecule has 0 aliphatic carbocycles. The molecule has 0 radical (unpaired) electrons. The number of aromatic carboxylic acids is 1. The van der Waals surface area contributed by atoms with Crippen LogP contribution in [0, 0.1) is 0 Å². The highest BCUT2D eigenvalue weighted by atomic mass is 16.5. The molecule has 33 heavy (non-hydrogen) atoms. The largest absolute Gasteiger partial charge is 0.496 e. The van der Waals surface area contributed by atoms with E-state index in [1.54, 1.807) is 25.3 Å². The van der Waals surface area contributed by atoms with Crippen LogP contribution in [-0.2, 0) is 17.8 Å². The summed E-state index contributed by atoms with van der Waals surface area (Å²) in [7, 11) is 1.54. The lowest BCUT2D eigenvalue weighted by Gasteiger charge is -2.09. The molecule has 6 heteroatoms. The predicted octanol–water partition coefficient (Wildman–Crippen LogP) is 5.05. The van der Waals surface area contributed by atoms with E-state index in [4.69, 9.17) is 4.74 Å². The summed E-state index contributed by atoms with van der Waals surface area (Å²) in [6.07, 6.45) is 7.29. The summed E-state index contributed by atoms with van der Waals surface area (Å²) < 4.78 is 7.60. The number of ether oxygens (including phenoxy) is 1. The molecule has 0 aliphatic rings. The van der Waals surface area contributed by atoms with Crippen molar-refractivity contribution >= 4 is 28.9 Å². The highest BCUT2D eigenvalue weighted by molar-refractivity contribution is 5.98. The number of carboxylic acid groups (broad SMARTS) is 1. The van der Waals surface area contributed by atoms with Crippen LogP contribution in [0.2, 0.25) is 0 Å². The van der Waals surface area contributed by atoms with Crippen molar-refractivity contribution in [2.45, 2.75) is 33.2 Å². The first-order valence-corrected chi connectivity index (χ1v) is 11.0. The lowest BCUT2D eigenvalue weighted by Crippen LogP contribution is -2.24. The first kappa shape index (κ1) is 23.9. The van der Waals surface area contributed by atoms with Crippen molar-refractivity contribution in [1.29, 1.82) is 0 Å². The Morgan fingerprint density at radius 2 is 1.97 bits per heavy atom. The van der Waals surface area contributed by atoms with E-state index in [2.05, 4.69) is 34.8 Å². The molecule has 3 rings (SSSR count). The molecule has 0 spiro atoms. The smallest absolute Gasteiger partial charge is 0.335 e. The molecule has 1 heterocycles. The van der Waals surface area contributed by atoms with Gasteiger partial charge in [0.15, 0.2) is 0 Å². The molecular weight excluding hydrogens is 416 g/mol. The van der Waals surface area contributed by atoms with E-state index in [0.29, 0.717) is 30.8 Å². The van der Waals surface area contributed by atoms with Crippen LogP contribution in [0.5, 0.6) is 5.75 Å². The van der Waals surface area contributed by atoms with E-state index < -0.39 is 5.97 Å². The number of nitrogens with one attached hydrogen (secondary N) is 1. The molecule has 2 aromatic carbocycles. The highest BCUT2D eigenvalue weighted by Gasteiger charge is 2.14. The lowest BCUT2D eigenvalue weighted by atomic mass is 10.00. The summed E-state index contributed by atoms with van der Waals surface area (Å²) in [6.45, 7) is 9.01. The van der Waals surface area contributed by atoms with Gasteiger partial charge in [-0.05, 0) is 60.4 Å². The lowest BCUT2D eigenvalue weighted by molar-refractivity contribution is -0.117. The van der Waals surface area contributed by atoms with Gasteiger partial charge in [0.05, 0.1) is 12.7 Å².